The summed E-state index contributed by atoms with van der Waals surface area (Å²) in [7, 11) is 1.96. The molecule has 108 valence electrons. The molecule has 0 amide bonds. The molecule has 1 aromatic carbocycles. The van der Waals surface area contributed by atoms with Gasteiger partial charge in [-0.05, 0) is 31.2 Å². The maximum atomic E-state index is 4.43. The van der Waals surface area contributed by atoms with Gasteiger partial charge in [-0.2, -0.15) is 0 Å². The largest absolute Gasteiger partial charge is 0.308 e. The summed E-state index contributed by atoms with van der Waals surface area (Å²) in [5.74, 6) is 0. The molecule has 1 N–H and O–H groups in total. The van der Waals surface area contributed by atoms with Gasteiger partial charge < -0.3 is 5.32 Å². The van der Waals surface area contributed by atoms with E-state index < -0.39 is 0 Å². The van der Waals surface area contributed by atoms with Gasteiger partial charge in [-0.15, -0.1) is 5.10 Å². The molecule has 5 nitrogen and oxygen atoms in total. The number of aromatic nitrogens is 4. The van der Waals surface area contributed by atoms with Crippen molar-refractivity contribution in [2.24, 2.45) is 0 Å². The Morgan fingerprint density at radius 1 is 1.24 bits per heavy atom. The minimum absolute atomic E-state index is 0.0550. The van der Waals surface area contributed by atoms with E-state index in [4.69, 9.17) is 0 Å². The molecule has 0 radical (unpaired) electrons. The van der Waals surface area contributed by atoms with Crippen LogP contribution in [-0.4, -0.2) is 27.0 Å². The lowest BCUT2D eigenvalue weighted by atomic mass is 9.99. The molecule has 5 heteroatoms. The predicted octanol–water partition coefficient (Wildman–Crippen LogP) is 2.55. The fourth-order valence-electron chi connectivity index (χ4n) is 2.72. The van der Waals surface area contributed by atoms with E-state index in [0.717, 1.165) is 29.6 Å². The van der Waals surface area contributed by atoms with Gasteiger partial charge in [-0.1, -0.05) is 30.3 Å². The van der Waals surface area contributed by atoms with Crippen molar-refractivity contribution in [3.63, 3.8) is 0 Å². The summed E-state index contributed by atoms with van der Waals surface area (Å²) >= 11 is 0. The van der Waals surface area contributed by atoms with Crippen LogP contribution in [0.4, 0.5) is 0 Å². The smallest absolute Gasteiger partial charge is 0.0802 e. The highest BCUT2D eigenvalue weighted by Gasteiger charge is 2.19. The number of nitrogens with one attached hydrogen (secondary N) is 1. The minimum atomic E-state index is 0.0550. The monoisotopic (exact) mass is 281 g/mol. The van der Waals surface area contributed by atoms with Crippen LogP contribution in [0.1, 0.15) is 30.6 Å². The lowest BCUT2D eigenvalue weighted by Gasteiger charge is -2.19. The molecule has 1 unspecified atom stereocenters. The molecule has 0 saturated heterocycles. The van der Waals surface area contributed by atoms with E-state index in [1.165, 1.54) is 5.56 Å². The summed E-state index contributed by atoms with van der Waals surface area (Å²) in [5.41, 5.74) is 3.28. The molecule has 2 heterocycles. The van der Waals surface area contributed by atoms with Crippen LogP contribution in [-0.2, 0) is 6.54 Å². The van der Waals surface area contributed by atoms with Crippen LogP contribution in [0.3, 0.4) is 0 Å². The number of fused-ring (bicyclic) bond motifs is 1. The number of rotatable bonds is 5. The maximum Gasteiger partial charge on any atom is 0.0802 e. The first-order valence-electron chi connectivity index (χ1n) is 7.24. The normalized spacial score (nSPS) is 12.7. The summed E-state index contributed by atoms with van der Waals surface area (Å²) in [6, 6.07) is 10.3. The zero-order valence-corrected chi connectivity index (χ0v) is 12.3. The molecule has 0 saturated carbocycles. The SMILES string of the molecule is CCCn1nncc1C(NC)c1cccc2ncccc12. The molecule has 0 fully saturated rings. The van der Waals surface area contributed by atoms with Crippen LogP contribution in [0.2, 0.25) is 0 Å². The van der Waals surface area contributed by atoms with Gasteiger partial charge >= 0.3 is 0 Å². The summed E-state index contributed by atoms with van der Waals surface area (Å²) in [6.07, 6.45) is 4.69. The molecule has 0 aliphatic heterocycles. The molecule has 2 aromatic heterocycles. The topological polar surface area (TPSA) is 55.6 Å². The quantitative estimate of drug-likeness (QED) is 0.781. The van der Waals surface area contributed by atoms with Crippen LogP contribution in [0.25, 0.3) is 10.9 Å². The fourth-order valence-corrected chi connectivity index (χ4v) is 2.72. The van der Waals surface area contributed by atoms with Crippen LogP contribution < -0.4 is 5.32 Å². The Labute approximate surface area is 124 Å². The molecular formula is C16H19N5. The second-order valence-electron chi connectivity index (χ2n) is 5.02. The Morgan fingerprint density at radius 2 is 2.14 bits per heavy atom. The average molecular weight is 281 g/mol. The number of hydrogen-bond acceptors (Lipinski definition) is 4. The van der Waals surface area contributed by atoms with Crippen LogP contribution in [0.15, 0.2) is 42.7 Å². The number of aryl methyl sites for hydroxylation is 1. The van der Waals surface area contributed by atoms with Gasteiger partial charge in [0.2, 0.25) is 0 Å². The van der Waals surface area contributed by atoms with E-state index in [2.05, 4.69) is 39.7 Å². The Bertz CT molecular complexity index is 729. The van der Waals surface area contributed by atoms with E-state index >= 15 is 0 Å². The summed E-state index contributed by atoms with van der Waals surface area (Å²) in [6.45, 7) is 3.01. The molecule has 0 aliphatic rings. The number of nitrogens with zero attached hydrogens (tertiary/aromatic N) is 4. The van der Waals surface area contributed by atoms with Crippen molar-refractivity contribution in [2.45, 2.75) is 25.9 Å². The van der Waals surface area contributed by atoms with Crippen LogP contribution in [0, 0.1) is 0 Å². The number of hydrogen-bond donors (Lipinski definition) is 1. The number of benzene rings is 1. The third-order valence-corrected chi connectivity index (χ3v) is 3.66. The summed E-state index contributed by atoms with van der Waals surface area (Å²) in [5, 5.41) is 12.8. The van der Waals surface area contributed by atoms with Crippen molar-refractivity contribution in [1.82, 2.24) is 25.3 Å². The Kier molecular flexibility index (Phi) is 3.92. The third kappa shape index (κ3) is 2.52. The standard InChI is InChI=1S/C16H19N5/c1-3-10-21-15(11-19-20-21)16(17-2)13-6-4-8-14-12(13)7-5-9-18-14/h4-9,11,16-17H,3,10H2,1-2H3. The van der Waals surface area contributed by atoms with E-state index in [9.17, 15) is 0 Å². The highest BCUT2D eigenvalue weighted by Crippen LogP contribution is 2.27. The maximum absolute atomic E-state index is 4.43. The predicted molar refractivity (Wildman–Crippen MR) is 83.0 cm³/mol. The van der Waals surface area contributed by atoms with E-state index in [1.807, 2.05) is 42.3 Å². The zero-order chi connectivity index (χ0) is 14.7. The van der Waals surface area contributed by atoms with Gasteiger partial charge in [0.15, 0.2) is 0 Å². The fraction of sp³-hybridized carbons (Fsp3) is 0.312. The lowest BCUT2D eigenvalue weighted by molar-refractivity contribution is 0.524. The number of pyridine rings is 1. The van der Waals surface area contributed by atoms with Crippen molar-refractivity contribution in [3.8, 4) is 0 Å². The molecule has 0 aliphatic carbocycles. The second-order valence-corrected chi connectivity index (χ2v) is 5.02. The van der Waals surface area contributed by atoms with E-state index in [1.54, 1.807) is 0 Å². The van der Waals surface area contributed by atoms with Crippen LogP contribution >= 0.6 is 0 Å². The van der Waals surface area contributed by atoms with E-state index in [-0.39, 0.29) is 6.04 Å². The van der Waals surface area contributed by atoms with E-state index in [0.29, 0.717) is 0 Å². The molecule has 21 heavy (non-hydrogen) atoms. The van der Waals surface area contributed by atoms with Gasteiger partial charge in [0.25, 0.3) is 0 Å². The molecule has 3 aromatic rings. The summed E-state index contributed by atoms with van der Waals surface area (Å²) in [4.78, 5) is 4.43. The lowest BCUT2D eigenvalue weighted by Crippen LogP contribution is -2.22. The second kappa shape index (κ2) is 6.01. The Balaban J connectivity index is 2.12. The Morgan fingerprint density at radius 3 is 2.95 bits per heavy atom. The van der Waals surface area contributed by atoms with Gasteiger partial charge in [0.1, 0.15) is 0 Å². The van der Waals surface area contributed by atoms with Crippen LogP contribution in [0.5, 0.6) is 0 Å². The van der Waals surface area contributed by atoms with Crippen molar-refractivity contribution in [3.05, 3.63) is 54.0 Å². The van der Waals surface area contributed by atoms with Gasteiger partial charge in [0, 0.05) is 18.1 Å². The van der Waals surface area contributed by atoms with Gasteiger partial charge in [0.05, 0.1) is 23.4 Å². The average Bonchev–Trinajstić information content (AvgIpc) is 2.97. The Hall–Kier alpha value is -2.27. The first-order chi connectivity index (χ1) is 10.3. The first kappa shape index (κ1) is 13.7. The molecular weight excluding hydrogens is 262 g/mol. The minimum Gasteiger partial charge on any atom is -0.308 e. The zero-order valence-electron chi connectivity index (χ0n) is 12.3. The van der Waals surface area contributed by atoms with Crippen molar-refractivity contribution in [1.29, 1.82) is 0 Å². The van der Waals surface area contributed by atoms with Gasteiger partial charge in [-0.3, -0.25) is 4.98 Å². The van der Waals surface area contributed by atoms with Crippen molar-refractivity contribution in [2.75, 3.05) is 7.05 Å². The molecule has 0 spiro atoms. The van der Waals surface area contributed by atoms with Crippen molar-refractivity contribution < 1.29 is 0 Å². The third-order valence-electron chi connectivity index (χ3n) is 3.66. The molecule has 3 rings (SSSR count). The van der Waals surface area contributed by atoms with Gasteiger partial charge in [-0.25, -0.2) is 4.68 Å². The molecule has 1 atom stereocenters. The highest BCUT2D eigenvalue weighted by molar-refractivity contribution is 5.82. The molecule has 0 bridgehead atoms. The summed E-state index contributed by atoms with van der Waals surface area (Å²) < 4.78 is 1.97. The van der Waals surface area contributed by atoms with Crippen molar-refractivity contribution >= 4 is 10.9 Å². The highest BCUT2D eigenvalue weighted by atomic mass is 15.4. The first-order valence-corrected chi connectivity index (χ1v) is 7.24.